The fraction of sp³-hybridized carbons (Fsp3) is 0.105. The molecular weight excluding hydrogens is 274 g/mol. The first-order chi connectivity index (χ1) is 10.8. The number of rotatable bonds is 4. The van der Waals surface area contributed by atoms with Gasteiger partial charge in [-0.05, 0) is 40.6 Å². The Balaban J connectivity index is 1.74. The highest BCUT2D eigenvalue weighted by Crippen LogP contribution is 2.18. The number of methoxy groups -OCH3 is 1. The van der Waals surface area contributed by atoms with Crippen LogP contribution in [0.1, 0.15) is 15.9 Å². The molecule has 0 aliphatic carbocycles. The van der Waals surface area contributed by atoms with Gasteiger partial charge in [0.1, 0.15) is 5.75 Å². The van der Waals surface area contributed by atoms with Crippen molar-refractivity contribution in [2.45, 2.75) is 6.54 Å². The van der Waals surface area contributed by atoms with Gasteiger partial charge in [-0.1, -0.05) is 42.5 Å². The minimum Gasteiger partial charge on any atom is -0.497 e. The third-order valence-electron chi connectivity index (χ3n) is 3.67. The van der Waals surface area contributed by atoms with Gasteiger partial charge in [0, 0.05) is 12.1 Å². The Morgan fingerprint density at radius 3 is 2.45 bits per heavy atom. The predicted octanol–water partition coefficient (Wildman–Crippen LogP) is 3.78. The third-order valence-corrected chi connectivity index (χ3v) is 3.67. The van der Waals surface area contributed by atoms with Crippen molar-refractivity contribution < 1.29 is 9.53 Å². The third kappa shape index (κ3) is 2.93. The van der Waals surface area contributed by atoms with Crippen molar-refractivity contribution in [3.05, 3.63) is 77.9 Å². The van der Waals surface area contributed by atoms with Gasteiger partial charge in [-0.2, -0.15) is 0 Å². The highest BCUT2D eigenvalue weighted by molar-refractivity contribution is 5.94. The average Bonchev–Trinajstić information content (AvgIpc) is 2.59. The summed E-state index contributed by atoms with van der Waals surface area (Å²) in [6.07, 6.45) is 0. The molecule has 0 heterocycles. The summed E-state index contributed by atoms with van der Waals surface area (Å²) >= 11 is 0. The van der Waals surface area contributed by atoms with Gasteiger partial charge >= 0.3 is 0 Å². The summed E-state index contributed by atoms with van der Waals surface area (Å²) < 4.78 is 5.09. The second-order valence-corrected chi connectivity index (χ2v) is 5.05. The zero-order chi connectivity index (χ0) is 15.4. The van der Waals surface area contributed by atoms with Gasteiger partial charge in [-0.3, -0.25) is 4.79 Å². The first-order valence-corrected chi connectivity index (χ1v) is 7.17. The van der Waals surface area contributed by atoms with Crippen LogP contribution in [0, 0.1) is 0 Å². The van der Waals surface area contributed by atoms with E-state index in [0.29, 0.717) is 12.1 Å². The summed E-state index contributed by atoms with van der Waals surface area (Å²) in [7, 11) is 1.61. The molecule has 1 N–H and O–H groups in total. The second-order valence-electron chi connectivity index (χ2n) is 5.05. The lowest BCUT2D eigenvalue weighted by atomic mass is 10.0. The van der Waals surface area contributed by atoms with Crippen LogP contribution in [0.2, 0.25) is 0 Å². The molecule has 1 amide bonds. The molecule has 0 atom stereocenters. The highest BCUT2D eigenvalue weighted by atomic mass is 16.5. The van der Waals surface area contributed by atoms with Crippen LogP contribution in [0.5, 0.6) is 5.75 Å². The Morgan fingerprint density at radius 2 is 1.68 bits per heavy atom. The minimum atomic E-state index is -0.0874. The van der Waals surface area contributed by atoms with E-state index >= 15 is 0 Å². The van der Waals surface area contributed by atoms with Crippen LogP contribution in [-0.4, -0.2) is 13.0 Å². The van der Waals surface area contributed by atoms with Crippen LogP contribution in [0.4, 0.5) is 0 Å². The number of carbonyl (C=O) groups excluding carboxylic acids is 1. The lowest BCUT2D eigenvalue weighted by Crippen LogP contribution is -2.22. The lowest BCUT2D eigenvalue weighted by molar-refractivity contribution is 0.0951. The summed E-state index contributed by atoms with van der Waals surface area (Å²) in [5.74, 6) is 0.654. The van der Waals surface area contributed by atoms with E-state index in [1.807, 2.05) is 24.3 Å². The van der Waals surface area contributed by atoms with E-state index in [0.717, 1.165) is 11.3 Å². The smallest absolute Gasteiger partial charge is 0.251 e. The van der Waals surface area contributed by atoms with E-state index in [1.54, 1.807) is 31.4 Å². The van der Waals surface area contributed by atoms with Crippen LogP contribution < -0.4 is 10.1 Å². The van der Waals surface area contributed by atoms with E-state index in [2.05, 4.69) is 23.5 Å². The average molecular weight is 291 g/mol. The molecule has 0 aliphatic rings. The topological polar surface area (TPSA) is 38.3 Å². The van der Waals surface area contributed by atoms with Crippen molar-refractivity contribution in [2.75, 3.05) is 7.11 Å². The Kier molecular flexibility index (Phi) is 4.05. The largest absolute Gasteiger partial charge is 0.497 e. The maximum atomic E-state index is 12.2. The lowest BCUT2D eigenvalue weighted by Gasteiger charge is -2.09. The summed E-state index contributed by atoms with van der Waals surface area (Å²) in [4.78, 5) is 12.2. The summed E-state index contributed by atoms with van der Waals surface area (Å²) in [6.45, 7) is 0.506. The molecule has 3 nitrogen and oxygen atoms in total. The number of hydrogen-bond donors (Lipinski definition) is 1. The molecule has 3 heteroatoms. The molecule has 0 radical (unpaired) electrons. The van der Waals surface area contributed by atoms with Gasteiger partial charge in [-0.15, -0.1) is 0 Å². The molecule has 0 unspecified atom stereocenters. The van der Waals surface area contributed by atoms with Crippen molar-refractivity contribution in [1.29, 1.82) is 0 Å². The molecule has 3 aromatic rings. The fourth-order valence-corrected chi connectivity index (χ4v) is 2.47. The van der Waals surface area contributed by atoms with Gasteiger partial charge in [0.05, 0.1) is 7.11 Å². The van der Waals surface area contributed by atoms with Crippen molar-refractivity contribution in [3.8, 4) is 5.75 Å². The van der Waals surface area contributed by atoms with E-state index in [-0.39, 0.29) is 5.91 Å². The number of carbonyl (C=O) groups is 1. The molecule has 3 aromatic carbocycles. The van der Waals surface area contributed by atoms with Crippen LogP contribution in [0.15, 0.2) is 66.7 Å². The number of ether oxygens (including phenoxy) is 1. The number of fused-ring (bicyclic) bond motifs is 1. The molecular formula is C19H17NO2. The van der Waals surface area contributed by atoms with Crippen LogP contribution in [-0.2, 0) is 6.54 Å². The first kappa shape index (κ1) is 14.1. The molecule has 110 valence electrons. The summed E-state index contributed by atoms with van der Waals surface area (Å²) in [5, 5.41) is 5.31. The Hall–Kier alpha value is -2.81. The van der Waals surface area contributed by atoms with Gasteiger partial charge in [0.25, 0.3) is 5.91 Å². The molecule has 0 aromatic heterocycles. The zero-order valence-electron chi connectivity index (χ0n) is 12.4. The molecule has 0 saturated carbocycles. The maximum Gasteiger partial charge on any atom is 0.251 e. The number of benzene rings is 3. The molecule has 0 bridgehead atoms. The van der Waals surface area contributed by atoms with Crippen LogP contribution >= 0.6 is 0 Å². The van der Waals surface area contributed by atoms with E-state index < -0.39 is 0 Å². The van der Waals surface area contributed by atoms with Crippen molar-refractivity contribution in [1.82, 2.24) is 5.32 Å². The fourth-order valence-electron chi connectivity index (χ4n) is 2.47. The molecule has 3 rings (SSSR count). The molecule has 22 heavy (non-hydrogen) atoms. The van der Waals surface area contributed by atoms with Gasteiger partial charge in [0.2, 0.25) is 0 Å². The Bertz CT molecular complexity index is 789. The van der Waals surface area contributed by atoms with Crippen molar-refractivity contribution in [2.24, 2.45) is 0 Å². The molecule has 0 aliphatic heterocycles. The maximum absolute atomic E-state index is 12.2. The molecule has 0 spiro atoms. The monoisotopic (exact) mass is 291 g/mol. The van der Waals surface area contributed by atoms with Gasteiger partial charge in [0.15, 0.2) is 0 Å². The first-order valence-electron chi connectivity index (χ1n) is 7.17. The summed E-state index contributed by atoms with van der Waals surface area (Å²) in [6, 6.07) is 21.4. The minimum absolute atomic E-state index is 0.0874. The summed E-state index contributed by atoms with van der Waals surface area (Å²) in [5.41, 5.74) is 1.74. The Labute approximate surface area is 129 Å². The van der Waals surface area contributed by atoms with Crippen LogP contribution in [0.25, 0.3) is 10.8 Å². The van der Waals surface area contributed by atoms with E-state index in [4.69, 9.17) is 4.74 Å². The van der Waals surface area contributed by atoms with E-state index in [1.165, 1.54) is 10.8 Å². The highest BCUT2D eigenvalue weighted by Gasteiger charge is 2.06. The van der Waals surface area contributed by atoms with Crippen molar-refractivity contribution in [3.63, 3.8) is 0 Å². The number of amides is 1. The standard InChI is InChI=1S/C19H17NO2/c1-22-17-11-9-15(10-12-17)19(21)20-13-16-7-4-6-14-5-2-3-8-18(14)16/h2-12H,13H2,1H3,(H,20,21). The molecule has 0 fully saturated rings. The van der Waals surface area contributed by atoms with Gasteiger partial charge in [-0.25, -0.2) is 0 Å². The normalized spacial score (nSPS) is 10.4. The molecule has 0 saturated heterocycles. The van der Waals surface area contributed by atoms with E-state index in [9.17, 15) is 4.79 Å². The SMILES string of the molecule is COc1ccc(C(=O)NCc2cccc3ccccc23)cc1. The number of nitrogens with one attached hydrogen (secondary N) is 1. The van der Waals surface area contributed by atoms with Gasteiger partial charge < -0.3 is 10.1 Å². The van der Waals surface area contributed by atoms with Crippen LogP contribution in [0.3, 0.4) is 0 Å². The number of hydrogen-bond acceptors (Lipinski definition) is 2. The predicted molar refractivity (Wildman–Crippen MR) is 88.1 cm³/mol. The Morgan fingerprint density at radius 1 is 0.955 bits per heavy atom. The zero-order valence-corrected chi connectivity index (χ0v) is 12.4. The second kappa shape index (κ2) is 6.31. The quantitative estimate of drug-likeness (QED) is 0.794. The van der Waals surface area contributed by atoms with Crippen molar-refractivity contribution >= 4 is 16.7 Å².